The molecule has 2 nitrogen and oxygen atoms in total. The van der Waals surface area contributed by atoms with Gasteiger partial charge in [-0.15, -0.1) is 0 Å². The lowest BCUT2D eigenvalue weighted by Gasteiger charge is -2.55. The first-order valence-corrected chi connectivity index (χ1v) is 8.93. The van der Waals surface area contributed by atoms with Crippen LogP contribution < -0.4 is 5.32 Å². The molecule has 4 rings (SSSR count). The van der Waals surface area contributed by atoms with Crippen molar-refractivity contribution < 1.29 is 18.3 Å². The number of hydrogen-bond donors (Lipinski definition) is 2. The van der Waals surface area contributed by atoms with Gasteiger partial charge < -0.3 is 10.4 Å². The van der Waals surface area contributed by atoms with Crippen molar-refractivity contribution >= 4 is 0 Å². The minimum absolute atomic E-state index is 0.0209. The fourth-order valence-corrected chi connectivity index (χ4v) is 4.55. The predicted octanol–water partition coefficient (Wildman–Crippen LogP) is 4.47. The third-order valence-electron chi connectivity index (χ3n) is 6.07. The SMILES string of the molecule is CCC(C)N[C@@H]1C2CCC(CC2)[C@@]1(O)c1cccc(C(F)(F)F)c1. The van der Waals surface area contributed by atoms with Crippen LogP contribution in [0.15, 0.2) is 24.3 Å². The van der Waals surface area contributed by atoms with Crippen LogP contribution in [0.2, 0.25) is 0 Å². The molecule has 0 saturated heterocycles. The molecule has 5 heteroatoms. The topological polar surface area (TPSA) is 32.3 Å². The van der Waals surface area contributed by atoms with Gasteiger partial charge in [0.05, 0.1) is 5.56 Å². The number of aliphatic hydroxyl groups is 1. The Hall–Kier alpha value is -1.07. The van der Waals surface area contributed by atoms with Crippen molar-refractivity contribution in [2.75, 3.05) is 0 Å². The molecule has 1 unspecified atom stereocenters. The summed E-state index contributed by atoms with van der Waals surface area (Å²) in [5.41, 5.74) is -1.49. The summed E-state index contributed by atoms with van der Waals surface area (Å²) < 4.78 is 39.3. The summed E-state index contributed by atoms with van der Waals surface area (Å²) in [6, 6.07) is 5.34. The van der Waals surface area contributed by atoms with Crippen LogP contribution in [0.3, 0.4) is 0 Å². The van der Waals surface area contributed by atoms with Crippen LogP contribution >= 0.6 is 0 Å². The average molecular weight is 341 g/mol. The van der Waals surface area contributed by atoms with Crippen molar-refractivity contribution in [2.45, 2.75) is 69.8 Å². The lowest BCUT2D eigenvalue weighted by molar-refractivity contribution is -0.141. The van der Waals surface area contributed by atoms with Crippen LogP contribution in [0.5, 0.6) is 0 Å². The van der Waals surface area contributed by atoms with E-state index < -0.39 is 17.3 Å². The highest BCUT2D eigenvalue weighted by Gasteiger charge is 2.55. The van der Waals surface area contributed by atoms with Crippen molar-refractivity contribution in [1.82, 2.24) is 5.32 Å². The maximum absolute atomic E-state index is 13.1. The molecule has 0 aromatic heterocycles. The van der Waals surface area contributed by atoms with Gasteiger partial charge in [-0.25, -0.2) is 0 Å². The van der Waals surface area contributed by atoms with E-state index in [-0.39, 0.29) is 18.0 Å². The van der Waals surface area contributed by atoms with Gasteiger partial charge in [0.15, 0.2) is 0 Å². The highest BCUT2D eigenvalue weighted by Crippen LogP contribution is 2.53. The Labute approximate surface area is 141 Å². The summed E-state index contributed by atoms with van der Waals surface area (Å²) in [6.45, 7) is 4.14. The number of hydrogen-bond acceptors (Lipinski definition) is 2. The molecule has 3 aliphatic rings. The number of halogens is 3. The molecule has 0 heterocycles. The maximum Gasteiger partial charge on any atom is 0.416 e. The lowest BCUT2D eigenvalue weighted by atomic mass is 9.57. The molecular weight excluding hydrogens is 315 g/mol. The third kappa shape index (κ3) is 2.97. The number of benzene rings is 1. The van der Waals surface area contributed by atoms with Gasteiger partial charge in [0, 0.05) is 12.1 Å². The second-order valence-corrected chi connectivity index (χ2v) is 7.47. The first kappa shape index (κ1) is 17.7. The van der Waals surface area contributed by atoms with Crippen LogP contribution in [-0.2, 0) is 11.8 Å². The molecule has 1 aromatic carbocycles. The van der Waals surface area contributed by atoms with E-state index in [2.05, 4.69) is 19.2 Å². The van der Waals surface area contributed by atoms with Gasteiger partial charge in [0.2, 0.25) is 0 Å². The molecule has 0 radical (unpaired) electrons. The van der Waals surface area contributed by atoms with Crippen LogP contribution in [0.1, 0.15) is 57.1 Å². The van der Waals surface area contributed by atoms with E-state index in [9.17, 15) is 18.3 Å². The minimum Gasteiger partial charge on any atom is -0.383 e. The lowest BCUT2D eigenvalue weighted by Crippen LogP contribution is -2.63. The molecule has 1 aromatic rings. The average Bonchev–Trinajstić information content (AvgIpc) is 2.57. The molecule has 2 bridgehead atoms. The fourth-order valence-electron chi connectivity index (χ4n) is 4.55. The summed E-state index contributed by atoms with van der Waals surface area (Å²) in [4.78, 5) is 0. The van der Waals surface area contributed by atoms with E-state index in [1.54, 1.807) is 6.07 Å². The molecule has 0 aliphatic heterocycles. The number of rotatable bonds is 4. The summed E-state index contributed by atoms with van der Waals surface area (Å²) in [5, 5.41) is 15.1. The quantitative estimate of drug-likeness (QED) is 0.847. The molecular formula is C19H26F3NO. The van der Waals surface area contributed by atoms with Crippen molar-refractivity contribution in [3.05, 3.63) is 35.4 Å². The summed E-state index contributed by atoms with van der Waals surface area (Å²) in [7, 11) is 0. The van der Waals surface area contributed by atoms with Crippen LogP contribution in [-0.4, -0.2) is 17.2 Å². The first-order chi connectivity index (χ1) is 11.3. The summed E-state index contributed by atoms with van der Waals surface area (Å²) in [5.74, 6) is 0.344. The monoisotopic (exact) mass is 341 g/mol. The number of nitrogens with one attached hydrogen (secondary N) is 1. The van der Waals surface area contributed by atoms with E-state index >= 15 is 0 Å². The van der Waals surface area contributed by atoms with Crippen molar-refractivity contribution in [3.8, 4) is 0 Å². The Bertz CT molecular complexity index is 580. The molecule has 24 heavy (non-hydrogen) atoms. The number of fused-ring (bicyclic) bond motifs is 3. The zero-order valence-corrected chi connectivity index (χ0v) is 14.2. The molecule has 3 aliphatic carbocycles. The molecule has 0 amide bonds. The van der Waals surface area contributed by atoms with Gasteiger partial charge in [-0.3, -0.25) is 0 Å². The second kappa shape index (κ2) is 6.34. The van der Waals surface area contributed by atoms with Crippen LogP contribution in [0.4, 0.5) is 13.2 Å². The zero-order chi connectivity index (χ0) is 17.5. The van der Waals surface area contributed by atoms with E-state index in [1.165, 1.54) is 6.07 Å². The van der Waals surface area contributed by atoms with Gasteiger partial charge in [-0.1, -0.05) is 19.1 Å². The second-order valence-electron chi connectivity index (χ2n) is 7.47. The van der Waals surface area contributed by atoms with Gasteiger partial charge in [-0.05, 0) is 68.6 Å². The Kier molecular flexibility index (Phi) is 4.69. The Morgan fingerprint density at radius 2 is 1.92 bits per heavy atom. The molecule has 3 fully saturated rings. The Balaban J connectivity index is 2.01. The highest BCUT2D eigenvalue weighted by atomic mass is 19.4. The Morgan fingerprint density at radius 3 is 2.50 bits per heavy atom. The normalized spacial score (nSPS) is 34.3. The first-order valence-electron chi connectivity index (χ1n) is 8.93. The standard InChI is InChI=1S/C19H26F3NO/c1-3-12(2)23-17-13-7-9-14(10-8-13)18(17,24)15-5-4-6-16(11-15)19(20,21)22/h4-6,11-14,17,23-24H,3,7-10H2,1-2H3/t12?,13?,14?,17-,18-/m1/s1. The van der Waals surface area contributed by atoms with Gasteiger partial charge in [0.25, 0.3) is 0 Å². The molecule has 0 spiro atoms. The van der Waals surface area contributed by atoms with Crippen molar-refractivity contribution in [2.24, 2.45) is 11.8 Å². The van der Waals surface area contributed by atoms with Crippen molar-refractivity contribution in [3.63, 3.8) is 0 Å². The minimum atomic E-state index is -4.39. The molecule has 3 atom stereocenters. The Morgan fingerprint density at radius 1 is 1.25 bits per heavy atom. The molecule has 2 N–H and O–H groups in total. The van der Waals surface area contributed by atoms with E-state index in [1.807, 2.05) is 0 Å². The van der Waals surface area contributed by atoms with Crippen LogP contribution in [0.25, 0.3) is 0 Å². The van der Waals surface area contributed by atoms with Gasteiger partial charge in [0.1, 0.15) is 5.60 Å². The highest BCUT2D eigenvalue weighted by molar-refractivity contribution is 5.33. The summed E-state index contributed by atoms with van der Waals surface area (Å²) in [6.07, 6.45) is 0.387. The molecule has 3 saturated carbocycles. The maximum atomic E-state index is 13.1. The summed E-state index contributed by atoms with van der Waals surface area (Å²) >= 11 is 0. The van der Waals surface area contributed by atoms with Crippen LogP contribution in [0, 0.1) is 11.8 Å². The molecule has 134 valence electrons. The smallest absolute Gasteiger partial charge is 0.383 e. The fraction of sp³-hybridized carbons (Fsp3) is 0.684. The van der Waals surface area contributed by atoms with Gasteiger partial charge >= 0.3 is 6.18 Å². The predicted molar refractivity (Wildman–Crippen MR) is 87.5 cm³/mol. The van der Waals surface area contributed by atoms with E-state index in [4.69, 9.17) is 0 Å². The largest absolute Gasteiger partial charge is 0.416 e. The number of alkyl halides is 3. The van der Waals surface area contributed by atoms with Crippen molar-refractivity contribution in [1.29, 1.82) is 0 Å². The van der Waals surface area contributed by atoms with E-state index in [0.717, 1.165) is 44.2 Å². The third-order valence-corrected chi connectivity index (χ3v) is 6.07. The zero-order valence-electron chi connectivity index (χ0n) is 14.2. The van der Waals surface area contributed by atoms with Gasteiger partial charge in [-0.2, -0.15) is 13.2 Å². The van der Waals surface area contributed by atoms with E-state index in [0.29, 0.717) is 11.5 Å².